The van der Waals surface area contributed by atoms with Crippen LogP contribution in [0.3, 0.4) is 0 Å². The fourth-order valence-electron chi connectivity index (χ4n) is 6.31. The van der Waals surface area contributed by atoms with Crippen molar-refractivity contribution in [2.24, 2.45) is 0 Å². The molecule has 2 fully saturated rings. The van der Waals surface area contributed by atoms with E-state index in [9.17, 15) is 23.2 Å². The molecule has 3 N–H and O–H groups in total. The number of nitrogens with zero attached hydrogens (tertiary/aromatic N) is 6. The summed E-state index contributed by atoms with van der Waals surface area (Å²) in [4.78, 5) is 46.8. The first-order chi connectivity index (χ1) is 22.1. The zero-order valence-electron chi connectivity index (χ0n) is 25.6. The molecule has 3 aliphatic heterocycles. The van der Waals surface area contributed by atoms with E-state index >= 15 is 0 Å². The number of aromatic nitrogens is 3. The maximum absolute atomic E-state index is 13.7. The van der Waals surface area contributed by atoms with E-state index in [1.165, 1.54) is 26.4 Å². The van der Waals surface area contributed by atoms with Gasteiger partial charge in [0.1, 0.15) is 28.6 Å². The summed E-state index contributed by atoms with van der Waals surface area (Å²) in [6, 6.07) is 2.94. The Labute approximate surface area is 267 Å². The van der Waals surface area contributed by atoms with E-state index < -0.39 is 18.4 Å². The maximum Gasteiger partial charge on any atom is 0.410 e. The quantitative estimate of drug-likeness (QED) is 0.389. The van der Waals surface area contributed by atoms with Crippen molar-refractivity contribution in [3.63, 3.8) is 0 Å². The van der Waals surface area contributed by atoms with E-state index in [1.54, 1.807) is 14.3 Å². The number of anilines is 2. The number of alkyl halides is 2. The molecule has 3 aromatic heterocycles. The summed E-state index contributed by atoms with van der Waals surface area (Å²) in [5.74, 6) is -0.0502. The van der Waals surface area contributed by atoms with Crippen LogP contribution in [0, 0.1) is 0 Å². The number of hydrogen-bond acceptors (Lipinski definition) is 10. The summed E-state index contributed by atoms with van der Waals surface area (Å²) in [5.41, 5.74) is 9.41. The Balaban J connectivity index is 1.19. The van der Waals surface area contributed by atoms with Crippen LogP contribution in [-0.2, 0) is 9.53 Å². The second-order valence-electron chi connectivity index (χ2n) is 11.6. The highest BCUT2D eigenvalue weighted by molar-refractivity contribution is 7.14. The molecule has 0 aliphatic carbocycles. The average molecular weight is 659 g/mol. The van der Waals surface area contributed by atoms with Crippen LogP contribution in [0.15, 0.2) is 24.5 Å². The SMILES string of the molecule is COC(=O)N1CC=C(c2cc(N3CCC[C@@H](NC(=O)c4sc(C(F)F)cc4OC4CCN(C(C)=O)CC4)C3)c3c(N)ncnn23)C1. The zero-order valence-corrected chi connectivity index (χ0v) is 26.4. The van der Waals surface area contributed by atoms with Gasteiger partial charge in [-0.1, -0.05) is 6.08 Å². The Morgan fingerprint density at radius 3 is 2.63 bits per heavy atom. The van der Waals surface area contributed by atoms with Crippen molar-refractivity contribution in [2.45, 2.75) is 51.2 Å². The van der Waals surface area contributed by atoms with Crippen LogP contribution >= 0.6 is 11.3 Å². The summed E-state index contributed by atoms with van der Waals surface area (Å²) < 4.78 is 40.1. The summed E-state index contributed by atoms with van der Waals surface area (Å²) in [6.07, 6.45) is 2.43. The normalized spacial score (nSPS) is 19.1. The first kappa shape index (κ1) is 31.5. The third-order valence-corrected chi connectivity index (χ3v) is 9.78. The minimum atomic E-state index is -2.74. The van der Waals surface area contributed by atoms with E-state index in [4.69, 9.17) is 15.2 Å². The fraction of sp³-hybridized carbons (Fsp3) is 0.500. The number of amides is 3. The van der Waals surface area contributed by atoms with Crippen LogP contribution in [0.1, 0.15) is 59.3 Å². The Morgan fingerprint density at radius 1 is 1.13 bits per heavy atom. The lowest BCUT2D eigenvalue weighted by molar-refractivity contribution is -0.130. The molecule has 0 spiro atoms. The summed E-state index contributed by atoms with van der Waals surface area (Å²) >= 11 is 0.736. The van der Waals surface area contributed by atoms with Gasteiger partial charge < -0.3 is 35.2 Å². The summed E-state index contributed by atoms with van der Waals surface area (Å²) in [6.45, 7) is 4.42. The number of nitrogen functional groups attached to an aromatic ring is 1. The zero-order chi connectivity index (χ0) is 32.5. The number of thiophene rings is 1. The van der Waals surface area contributed by atoms with Crippen LogP contribution in [0.4, 0.5) is 25.1 Å². The topological polar surface area (TPSA) is 148 Å². The van der Waals surface area contributed by atoms with Crippen LogP contribution < -0.4 is 20.7 Å². The van der Waals surface area contributed by atoms with Gasteiger partial charge in [0.25, 0.3) is 12.3 Å². The number of fused-ring (bicyclic) bond motifs is 1. The fourth-order valence-corrected chi connectivity index (χ4v) is 7.16. The molecule has 13 nitrogen and oxygen atoms in total. The van der Waals surface area contributed by atoms with Gasteiger partial charge in [-0.2, -0.15) is 5.10 Å². The van der Waals surface area contributed by atoms with Crippen molar-refractivity contribution in [3.8, 4) is 5.75 Å². The molecular formula is C30H36F2N8O5S. The van der Waals surface area contributed by atoms with Crippen molar-refractivity contribution < 1.29 is 32.6 Å². The highest BCUT2D eigenvalue weighted by Gasteiger charge is 2.31. The van der Waals surface area contributed by atoms with Crippen LogP contribution in [0.2, 0.25) is 0 Å². The second kappa shape index (κ2) is 13.1. The molecule has 46 heavy (non-hydrogen) atoms. The Morgan fingerprint density at radius 2 is 1.91 bits per heavy atom. The molecule has 246 valence electrons. The van der Waals surface area contributed by atoms with E-state index in [0.29, 0.717) is 69.9 Å². The minimum Gasteiger partial charge on any atom is -0.489 e. The first-order valence-corrected chi connectivity index (χ1v) is 16.0. The van der Waals surface area contributed by atoms with E-state index in [-0.39, 0.29) is 33.6 Å². The first-order valence-electron chi connectivity index (χ1n) is 15.2. The van der Waals surface area contributed by atoms with Gasteiger partial charge in [0.2, 0.25) is 5.91 Å². The molecule has 0 bridgehead atoms. The number of carbonyl (C=O) groups is 3. The molecule has 2 saturated heterocycles. The van der Waals surface area contributed by atoms with E-state index in [1.807, 2.05) is 12.1 Å². The monoisotopic (exact) mass is 658 g/mol. The molecule has 6 rings (SSSR count). The molecule has 0 saturated carbocycles. The number of nitrogens with one attached hydrogen (secondary N) is 1. The number of halogens is 2. The number of nitrogens with two attached hydrogens (primary N) is 1. The number of ether oxygens (including phenoxy) is 2. The lowest BCUT2D eigenvalue weighted by Gasteiger charge is -2.34. The van der Waals surface area contributed by atoms with Gasteiger partial charge in [-0.25, -0.2) is 23.1 Å². The van der Waals surface area contributed by atoms with Crippen molar-refractivity contribution in [3.05, 3.63) is 40.0 Å². The van der Waals surface area contributed by atoms with Gasteiger partial charge in [-0.15, -0.1) is 11.3 Å². The summed E-state index contributed by atoms with van der Waals surface area (Å²) in [7, 11) is 1.34. The molecule has 3 aliphatic rings. The van der Waals surface area contributed by atoms with Gasteiger partial charge in [-0.05, 0) is 24.5 Å². The maximum atomic E-state index is 13.7. The van der Waals surface area contributed by atoms with Gasteiger partial charge in [0.15, 0.2) is 5.82 Å². The predicted octanol–water partition coefficient (Wildman–Crippen LogP) is 3.56. The number of rotatable bonds is 7. The van der Waals surface area contributed by atoms with E-state index in [0.717, 1.165) is 34.7 Å². The lowest BCUT2D eigenvalue weighted by atomic mass is 10.0. The third-order valence-electron chi connectivity index (χ3n) is 8.66. The Bertz CT molecular complexity index is 1670. The van der Waals surface area contributed by atoms with E-state index in [2.05, 4.69) is 20.3 Å². The van der Waals surface area contributed by atoms with Gasteiger partial charge in [-0.3, -0.25) is 9.59 Å². The molecule has 3 amide bonds. The second-order valence-corrected chi connectivity index (χ2v) is 12.7. The Kier molecular flexibility index (Phi) is 8.97. The van der Waals surface area contributed by atoms with Gasteiger partial charge in [0, 0.05) is 64.6 Å². The van der Waals surface area contributed by atoms with Gasteiger partial charge >= 0.3 is 6.09 Å². The van der Waals surface area contributed by atoms with Crippen LogP contribution in [0.5, 0.6) is 5.75 Å². The van der Waals surface area contributed by atoms with Crippen molar-refractivity contribution in [2.75, 3.05) is 57.0 Å². The number of likely N-dealkylation sites (tertiary alicyclic amines) is 1. The highest BCUT2D eigenvalue weighted by atomic mass is 32.1. The molecule has 0 aromatic carbocycles. The average Bonchev–Trinajstić information content (AvgIpc) is 3.79. The molecular weight excluding hydrogens is 622 g/mol. The third kappa shape index (κ3) is 6.30. The van der Waals surface area contributed by atoms with Crippen LogP contribution in [-0.4, -0.2) is 101 Å². The minimum absolute atomic E-state index is 0.0174. The molecule has 0 unspecified atom stereocenters. The molecule has 1 atom stereocenters. The summed E-state index contributed by atoms with van der Waals surface area (Å²) in [5, 5.41) is 7.50. The molecule has 6 heterocycles. The van der Waals surface area contributed by atoms with Crippen molar-refractivity contribution in [1.29, 1.82) is 0 Å². The highest BCUT2D eigenvalue weighted by Crippen LogP contribution is 2.38. The molecule has 0 radical (unpaired) electrons. The van der Waals surface area contributed by atoms with Crippen molar-refractivity contribution >= 4 is 51.8 Å². The largest absolute Gasteiger partial charge is 0.489 e. The van der Waals surface area contributed by atoms with Crippen LogP contribution in [0.25, 0.3) is 11.1 Å². The van der Waals surface area contributed by atoms with Gasteiger partial charge in [0.05, 0.1) is 29.9 Å². The Hall–Kier alpha value is -4.47. The number of carbonyl (C=O) groups excluding carboxylic acids is 3. The molecule has 3 aromatic rings. The predicted molar refractivity (Wildman–Crippen MR) is 167 cm³/mol. The van der Waals surface area contributed by atoms with Crippen molar-refractivity contribution in [1.82, 2.24) is 29.7 Å². The lowest BCUT2D eigenvalue weighted by Crippen LogP contribution is -2.47. The number of methoxy groups -OCH3 is 1. The smallest absolute Gasteiger partial charge is 0.410 e. The molecule has 16 heteroatoms. The number of piperidine rings is 2. The number of hydrogen-bond donors (Lipinski definition) is 2. The standard InChI is InChI=1S/C30H36F2N8O5S/c1-17(41)37-10-6-20(7-11-37)45-23-13-24(27(31)32)46-26(23)29(42)36-19-4-3-8-38(15-19)22-12-21(40-25(22)28(33)34-16-35-40)18-5-9-39(14-18)30(43)44-2/h5,12-13,16,19-20,27H,3-4,6-11,14-15H2,1-2H3,(H,36,42)(H2,33,34,35)/t19-/m1/s1.